The predicted octanol–water partition coefficient (Wildman–Crippen LogP) is -0.188. The van der Waals surface area contributed by atoms with Crippen molar-refractivity contribution >= 4 is 17.3 Å². The first-order valence-corrected chi connectivity index (χ1v) is 6.83. The fourth-order valence-corrected chi connectivity index (χ4v) is 2.21. The molecule has 1 aliphatic heterocycles. The van der Waals surface area contributed by atoms with Gasteiger partial charge < -0.3 is 16.4 Å². The smallest absolute Gasteiger partial charge is 0.292 e. The third-order valence-corrected chi connectivity index (χ3v) is 3.41. The molecule has 1 amide bonds. The number of amides is 1. The summed E-state index contributed by atoms with van der Waals surface area (Å²) in [7, 11) is 0. The van der Waals surface area contributed by atoms with Crippen LogP contribution >= 0.6 is 0 Å². The van der Waals surface area contributed by atoms with E-state index in [-0.39, 0.29) is 22.8 Å². The highest BCUT2D eigenvalue weighted by atomic mass is 16.6. The van der Waals surface area contributed by atoms with Crippen LogP contribution in [0, 0.1) is 10.1 Å². The molecule has 0 bridgehead atoms. The number of benzene rings is 1. The molecule has 1 saturated heterocycles. The van der Waals surface area contributed by atoms with Crippen LogP contribution in [0.25, 0.3) is 0 Å². The topological polar surface area (TPSA) is 114 Å². The second-order valence-corrected chi connectivity index (χ2v) is 4.88. The molecule has 0 saturated carbocycles. The Morgan fingerprint density at radius 3 is 2.81 bits per heavy atom. The molecule has 1 aromatic rings. The van der Waals surface area contributed by atoms with E-state index in [0.717, 1.165) is 32.7 Å². The summed E-state index contributed by atoms with van der Waals surface area (Å²) in [6.45, 7) is 5.12. The number of anilines is 1. The zero-order chi connectivity index (χ0) is 15.2. The molecule has 0 atom stereocenters. The van der Waals surface area contributed by atoms with Gasteiger partial charge in [0.05, 0.1) is 4.92 Å². The normalized spacial score (nSPS) is 15.6. The summed E-state index contributed by atoms with van der Waals surface area (Å²) in [6.07, 6.45) is 0. The summed E-state index contributed by atoms with van der Waals surface area (Å²) in [6, 6.07) is 4.07. The molecule has 1 heterocycles. The Morgan fingerprint density at radius 2 is 2.14 bits per heavy atom. The standard InChI is InChI=1S/C13H19N5O3/c14-11-2-1-10(9-12(11)18(20)21)13(19)16-5-8-17-6-3-15-4-7-17/h1-2,9,15H,3-8,14H2,(H,16,19). The van der Waals surface area contributed by atoms with Crippen LogP contribution in [0.15, 0.2) is 18.2 Å². The zero-order valence-electron chi connectivity index (χ0n) is 11.7. The number of hydrogen-bond donors (Lipinski definition) is 3. The van der Waals surface area contributed by atoms with Crippen LogP contribution in [-0.2, 0) is 0 Å². The number of carbonyl (C=O) groups excluding carboxylic acids is 1. The minimum absolute atomic E-state index is 0.0531. The third-order valence-electron chi connectivity index (χ3n) is 3.41. The van der Waals surface area contributed by atoms with Gasteiger partial charge in [0, 0.05) is 50.9 Å². The molecule has 114 valence electrons. The van der Waals surface area contributed by atoms with E-state index in [1.165, 1.54) is 18.2 Å². The van der Waals surface area contributed by atoms with Crippen molar-refractivity contribution < 1.29 is 9.72 Å². The van der Waals surface area contributed by atoms with Crippen molar-refractivity contribution in [3.63, 3.8) is 0 Å². The van der Waals surface area contributed by atoms with Crippen molar-refractivity contribution in [3.05, 3.63) is 33.9 Å². The van der Waals surface area contributed by atoms with Gasteiger partial charge in [-0.2, -0.15) is 0 Å². The fraction of sp³-hybridized carbons (Fsp3) is 0.462. The Hall–Kier alpha value is -2.19. The van der Waals surface area contributed by atoms with Crippen LogP contribution in [0.4, 0.5) is 11.4 Å². The molecule has 0 aromatic heterocycles. The minimum atomic E-state index is -0.590. The highest BCUT2D eigenvalue weighted by Crippen LogP contribution is 2.22. The summed E-state index contributed by atoms with van der Waals surface area (Å²) in [5.74, 6) is -0.326. The van der Waals surface area contributed by atoms with Gasteiger partial charge >= 0.3 is 0 Å². The van der Waals surface area contributed by atoms with E-state index in [9.17, 15) is 14.9 Å². The monoisotopic (exact) mass is 293 g/mol. The van der Waals surface area contributed by atoms with Crippen LogP contribution in [0.2, 0.25) is 0 Å². The van der Waals surface area contributed by atoms with E-state index in [0.29, 0.717) is 6.54 Å². The quantitative estimate of drug-likeness (QED) is 0.394. The van der Waals surface area contributed by atoms with Crippen molar-refractivity contribution in [3.8, 4) is 0 Å². The van der Waals surface area contributed by atoms with Crippen molar-refractivity contribution in [2.24, 2.45) is 0 Å². The van der Waals surface area contributed by atoms with Crippen molar-refractivity contribution in [1.29, 1.82) is 0 Å². The lowest BCUT2D eigenvalue weighted by molar-refractivity contribution is -0.383. The lowest BCUT2D eigenvalue weighted by atomic mass is 10.1. The minimum Gasteiger partial charge on any atom is -0.393 e. The highest BCUT2D eigenvalue weighted by molar-refractivity contribution is 5.95. The van der Waals surface area contributed by atoms with Gasteiger partial charge in [0.15, 0.2) is 0 Å². The molecule has 0 unspecified atom stereocenters. The largest absolute Gasteiger partial charge is 0.393 e. The van der Waals surface area contributed by atoms with Gasteiger partial charge in [0.2, 0.25) is 0 Å². The molecule has 1 aliphatic rings. The number of rotatable bonds is 5. The molecule has 1 fully saturated rings. The average Bonchev–Trinajstić information content (AvgIpc) is 2.48. The Bertz CT molecular complexity index is 529. The van der Waals surface area contributed by atoms with Crippen molar-refractivity contribution in [1.82, 2.24) is 15.5 Å². The number of nitrogens with zero attached hydrogens (tertiary/aromatic N) is 2. The van der Waals surface area contributed by atoms with Crippen LogP contribution in [0.5, 0.6) is 0 Å². The summed E-state index contributed by atoms with van der Waals surface area (Å²) in [4.78, 5) is 24.4. The molecule has 0 spiro atoms. The molecule has 1 aromatic carbocycles. The maximum absolute atomic E-state index is 12.0. The maximum Gasteiger partial charge on any atom is 0.292 e. The van der Waals surface area contributed by atoms with Crippen molar-refractivity contribution in [2.75, 3.05) is 45.0 Å². The number of nitro benzene ring substituents is 1. The average molecular weight is 293 g/mol. The number of nitrogens with one attached hydrogen (secondary N) is 2. The maximum atomic E-state index is 12.0. The van der Waals surface area contributed by atoms with E-state index >= 15 is 0 Å². The van der Waals surface area contributed by atoms with Crippen LogP contribution < -0.4 is 16.4 Å². The van der Waals surface area contributed by atoms with Gasteiger partial charge in [0.1, 0.15) is 5.69 Å². The van der Waals surface area contributed by atoms with Gasteiger partial charge in [-0.05, 0) is 12.1 Å². The summed E-state index contributed by atoms with van der Waals surface area (Å²) in [5.41, 5.74) is 5.56. The molecular weight excluding hydrogens is 274 g/mol. The number of nitro groups is 1. The number of piperazine rings is 1. The van der Waals surface area contributed by atoms with E-state index in [1.807, 2.05) is 0 Å². The first-order valence-electron chi connectivity index (χ1n) is 6.83. The first-order chi connectivity index (χ1) is 10.1. The van der Waals surface area contributed by atoms with Crippen LogP contribution in [-0.4, -0.2) is 55.0 Å². The molecular formula is C13H19N5O3. The van der Waals surface area contributed by atoms with E-state index in [1.54, 1.807) is 0 Å². The van der Waals surface area contributed by atoms with Crippen LogP contribution in [0.1, 0.15) is 10.4 Å². The molecule has 8 nitrogen and oxygen atoms in total. The van der Waals surface area contributed by atoms with E-state index in [2.05, 4.69) is 15.5 Å². The second kappa shape index (κ2) is 7.00. The fourth-order valence-electron chi connectivity index (χ4n) is 2.21. The SMILES string of the molecule is Nc1ccc(C(=O)NCCN2CCNCC2)cc1[N+](=O)[O-]. The lowest BCUT2D eigenvalue weighted by Gasteiger charge is -2.27. The molecule has 21 heavy (non-hydrogen) atoms. The van der Waals surface area contributed by atoms with Gasteiger partial charge in [-0.15, -0.1) is 0 Å². The molecule has 0 aliphatic carbocycles. The Labute approximate surface area is 122 Å². The summed E-state index contributed by atoms with van der Waals surface area (Å²) >= 11 is 0. The number of hydrogen-bond acceptors (Lipinski definition) is 6. The van der Waals surface area contributed by atoms with Crippen molar-refractivity contribution in [2.45, 2.75) is 0 Å². The molecule has 8 heteroatoms. The third kappa shape index (κ3) is 4.14. The Morgan fingerprint density at radius 1 is 1.43 bits per heavy atom. The van der Waals surface area contributed by atoms with Gasteiger partial charge in [-0.1, -0.05) is 0 Å². The summed E-state index contributed by atoms with van der Waals surface area (Å²) in [5, 5.41) is 16.8. The number of nitrogen functional groups attached to an aromatic ring is 1. The zero-order valence-corrected chi connectivity index (χ0v) is 11.7. The van der Waals surface area contributed by atoms with E-state index in [4.69, 9.17) is 5.73 Å². The lowest BCUT2D eigenvalue weighted by Crippen LogP contribution is -2.46. The molecule has 2 rings (SSSR count). The Kier molecular flexibility index (Phi) is 5.07. The number of carbonyl (C=O) groups is 1. The van der Waals surface area contributed by atoms with Gasteiger partial charge in [-0.3, -0.25) is 19.8 Å². The number of nitrogens with two attached hydrogens (primary N) is 1. The Balaban J connectivity index is 1.88. The summed E-state index contributed by atoms with van der Waals surface area (Å²) < 4.78 is 0. The second-order valence-electron chi connectivity index (χ2n) is 4.88. The van der Waals surface area contributed by atoms with Gasteiger partial charge in [-0.25, -0.2) is 0 Å². The van der Waals surface area contributed by atoms with Crippen LogP contribution in [0.3, 0.4) is 0 Å². The predicted molar refractivity (Wildman–Crippen MR) is 79.2 cm³/mol. The molecule has 0 radical (unpaired) electrons. The van der Waals surface area contributed by atoms with Gasteiger partial charge in [0.25, 0.3) is 11.6 Å². The molecule has 4 N–H and O–H groups in total. The van der Waals surface area contributed by atoms with E-state index < -0.39 is 4.92 Å². The highest BCUT2D eigenvalue weighted by Gasteiger charge is 2.16. The first kappa shape index (κ1) is 15.2.